The second-order valence-corrected chi connectivity index (χ2v) is 5.55. The Morgan fingerprint density at radius 2 is 2.17 bits per heavy atom. The number of aliphatic hydroxyl groups excluding tert-OH is 1. The van der Waals surface area contributed by atoms with Gasteiger partial charge < -0.3 is 20.6 Å². The zero-order valence-electron chi connectivity index (χ0n) is 11.3. The van der Waals surface area contributed by atoms with Gasteiger partial charge in [-0.05, 0) is 27.2 Å². The number of likely N-dealkylation sites (tertiary alicyclic amines) is 1. The number of nitrogens with one attached hydrogen (secondary N) is 2. The topological polar surface area (TPSA) is 81.7 Å². The van der Waals surface area contributed by atoms with Crippen LogP contribution in [0.15, 0.2) is 0 Å². The molecular formula is C12H23N3O3. The van der Waals surface area contributed by atoms with Crippen molar-refractivity contribution in [3.05, 3.63) is 0 Å². The van der Waals surface area contributed by atoms with Crippen LogP contribution in [0.5, 0.6) is 0 Å². The standard InChI is InChI=1S/C12H23N3O3/c1-12(2,3)15-8-9(7-10(15)17)14-11(18)13-5-4-6-16/h9,16H,4-8H2,1-3H3,(H2,13,14,18). The minimum absolute atomic E-state index is 0.0556. The van der Waals surface area contributed by atoms with Gasteiger partial charge in [0.2, 0.25) is 5.91 Å². The van der Waals surface area contributed by atoms with E-state index in [1.165, 1.54) is 0 Å². The highest BCUT2D eigenvalue weighted by Gasteiger charge is 2.36. The normalized spacial score (nSPS) is 20.1. The van der Waals surface area contributed by atoms with E-state index >= 15 is 0 Å². The van der Waals surface area contributed by atoms with Crippen molar-refractivity contribution in [2.75, 3.05) is 19.7 Å². The number of rotatable bonds is 4. The quantitative estimate of drug-likeness (QED) is 0.623. The smallest absolute Gasteiger partial charge is 0.315 e. The summed E-state index contributed by atoms with van der Waals surface area (Å²) in [7, 11) is 0. The van der Waals surface area contributed by atoms with Gasteiger partial charge in [0, 0.05) is 31.7 Å². The maximum atomic E-state index is 11.8. The first-order valence-corrected chi connectivity index (χ1v) is 6.30. The predicted octanol–water partition coefficient (Wildman–Crippen LogP) is 0.0674. The molecular weight excluding hydrogens is 234 g/mol. The number of aliphatic hydroxyl groups is 1. The molecule has 18 heavy (non-hydrogen) atoms. The summed E-state index contributed by atoms with van der Waals surface area (Å²) in [4.78, 5) is 25.1. The summed E-state index contributed by atoms with van der Waals surface area (Å²) in [6.45, 7) is 6.99. The van der Waals surface area contributed by atoms with Crippen LogP contribution in [0.25, 0.3) is 0 Å². The Balaban J connectivity index is 2.38. The van der Waals surface area contributed by atoms with Crippen LogP contribution < -0.4 is 10.6 Å². The molecule has 1 fully saturated rings. The van der Waals surface area contributed by atoms with Crippen LogP contribution in [0.1, 0.15) is 33.6 Å². The molecule has 1 aliphatic rings. The number of hydrogen-bond donors (Lipinski definition) is 3. The fourth-order valence-electron chi connectivity index (χ4n) is 1.97. The van der Waals surface area contributed by atoms with E-state index in [1.807, 2.05) is 20.8 Å². The molecule has 3 N–H and O–H groups in total. The highest BCUT2D eigenvalue weighted by molar-refractivity contribution is 5.82. The number of carbonyl (C=O) groups is 2. The third-order valence-electron chi connectivity index (χ3n) is 2.89. The third-order valence-corrected chi connectivity index (χ3v) is 2.89. The highest BCUT2D eigenvalue weighted by Crippen LogP contribution is 2.21. The summed E-state index contributed by atoms with van der Waals surface area (Å²) < 4.78 is 0. The van der Waals surface area contributed by atoms with E-state index in [2.05, 4.69) is 10.6 Å². The van der Waals surface area contributed by atoms with Gasteiger partial charge in [0.25, 0.3) is 0 Å². The van der Waals surface area contributed by atoms with Crippen molar-refractivity contribution in [3.63, 3.8) is 0 Å². The molecule has 104 valence electrons. The molecule has 1 rings (SSSR count). The van der Waals surface area contributed by atoms with Gasteiger partial charge in [-0.25, -0.2) is 4.79 Å². The van der Waals surface area contributed by atoms with E-state index in [1.54, 1.807) is 4.90 Å². The Morgan fingerprint density at radius 1 is 1.50 bits per heavy atom. The molecule has 0 bridgehead atoms. The van der Waals surface area contributed by atoms with Gasteiger partial charge in [0.05, 0.1) is 6.04 Å². The number of hydrogen-bond acceptors (Lipinski definition) is 3. The monoisotopic (exact) mass is 257 g/mol. The van der Waals surface area contributed by atoms with Crippen LogP contribution in [-0.2, 0) is 4.79 Å². The van der Waals surface area contributed by atoms with Gasteiger partial charge in [-0.3, -0.25) is 4.79 Å². The van der Waals surface area contributed by atoms with Gasteiger partial charge in [-0.2, -0.15) is 0 Å². The summed E-state index contributed by atoms with van der Waals surface area (Å²) in [6, 6.07) is -0.414. The van der Waals surface area contributed by atoms with Crippen LogP contribution in [0.4, 0.5) is 4.79 Å². The summed E-state index contributed by atoms with van der Waals surface area (Å²) in [6.07, 6.45) is 0.885. The molecule has 1 unspecified atom stereocenters. The second kappa shape index (κ2) is 6.04. The fraction of sp³-hybridized carbons (Fsp3) is 0.833. The molecule has 0 aliphatic carbocycles. The lowest BCUT2D eigenvalue weighted by atomic mass is 10.1. The number of urea groups is 1. The van der Waals surface area contributed by atoms with Gasteiger partial charge in [0.1, 0.15) is 0 Å². The molecule has 1 aliphatic heterocycles. The minimum Gasteiger partial charge on any atom is -0.396 e. The fourth-order valence-corrected chi connectivity index (χ4v) is 1.97. The van der Waals surface area contributed by atoms with Crippen LogP contribution in [0, 0.1) is 0 Å². The van der Waals surface area contributed by atoms with Gasteiger partial charge in [-0.1, -0.05) is 0 Å². The molecule has 1 heterocycles. The minimum atomic E-state index is -0.281. The largest absolute Gasteiger partial charge is 0.396 e. The van der Waals surface area contributed by atoms with E-state index in [0.29, 0.717) is 25.9 Å². The molecule has 3 amide bonds. The molecule has 0 aromatic rings. The van der Waals surface area contributed by atoms with E-state index in [0.717, 1.165) is 0 Å². The van der Waals surface area contributed by atoms with Crippen LogP contribution >= 0.6 is 0 Å². The van der Waals surface area contributed by atoms with Crippen molar-refractivity contribution in [2.24, 2.45) is 0 Å². The number of nitrogens with zero attached hydrogens (tertiary/aromatic N) is 1. The van der Waals surface area contributed by atoms with Crippen LogP contribution in [0.2, 0.25) is 0 Å². The first kappa shape index (κ1) is 14.8. The van der Waals surface area contributed by atoms with Crippen molar-refractivity contribution >= 4 is 11.9 Å². The maximum absolute atomic E-state index is 11.8. The Morgan fingerprint density at radius 3 is 2.67 bits per heavy atom. The summed E-state index contributed by atoms with van der Waals surface area (Å²) >= 11 is 0. The Hall–Kier alpha value is -1.30. The van der Waals surface area contributed by atoms with Gasteiger partial charge in [0.15, 0.2) is 0 Å². The lowest BCUT2D eigenvalue weighted by Crippen LogP contribution is -2.46. The Bertz CT molecular complexity index is 312. The van der Waals surface area contributed by atoms with E-state index in [-0.39, 0.29) is 30.1 Å². The lowest BCUT2D eigenvalue weighted by molar-refractivity contribution is -0.131. The van der Waals surface area contributed by atoms with Crippen LogP contribution in [-0.4, -0.2) is 53.2 Å². The molecule has 1 atom stereocenters. The van der Waals surface area contributed by atoms with Gasteiger partial charge in [-0.15, -0.1) is 0 Å². The van der Waals surface area contributed by atoms with Crippen molar-refractivity contribution < 1.29 is 14.7 Å². The summed E-state index contributed by atoms with van der Waals surface area (Å²) in [5.41, 5.74) is -0.207. The third kappa shape index (κ3) is 4.18. The van der Waals surface area contributed by atoms with Crippen molar-refractivity contribution in [1.82, 2.24) is 15.5 Å². The maximum Gasteiger partial charge on any atom is 0.315 e. The highest BCUT2D eigenvalue weighted by atomic mass is 16.3. The van der Waals surface area contributed by atoms with Crippen molar-refractivity contribution in [1.29, 1.82) is 0 Å². The molecule has 6 nitrogen and oxygen atoms in total. The number of amides is 3. The van der Waals surface area contributed by atoms with E-state index in [9.17, 15) is 9.59 Å². The van der Waals surface area contributed by atoms with Crippen molar-refractivity contribution in [2.45, 2.75) is 45.2 Å². The molecule has 0 aromatic heterocycles. The summed E-state index contributed by atoms with van der Waals surface area (Å²) in [5.74, 6) is 0.0724. The molecule has 0 radical (unpaired) electrons. The molecule has 0 spiro atoms. The molecule has 0 saturated carbocycles. The van der Waals surface area contributed by atoms with E-state index in [4.69, 9.17) is 5.11 Å². The summed E-state index contributed by atoms with van der Waals surface area (Å²) in [5, 5.41) is 14.0. The molecule has 6 heteroatoms. The Kier molecular flexibility index (Phi) is 4.95. The average Bonchev–Trinajstić information content (AvgIpc) is 2.59. The van der Waals surface area contributed by atoms with Crippen LogP contribution in [0.3, 0.4) is 0 Å². The SMILES string of the molecule is CC(C)(C)N1CC(NC(=O)NCCCO)CC1=O. The zero-order valence-corrected chi connectivity index (χ0v) is 11.3. The average molecular weight is 257 g/mol. The van der Waals surface area contributed by atoms with Crippen molar-refractivity contribution in [3.8, 4) is 0 Å². The first-order valence-electron chi connectivity index (χ1n) is 6.30. The lowest BCUT2D eigenvalue weighted by Gasteiger charge is -2.32. The predicted molar refractivity (Wildman–Crippen MR) is 68.1 cm³/mol. The first-order chi connectivity index (χ1) is 8.34. The Labute approximate surface area is 108 Å². The zero-order chi connectivity index (χ0) is 13.8. The molecule has 0 aromatic carbocycles. The van der Waals surface area contributed by atoms with E-state index < -0.39 is 0 Å². The number of carbonyl (C=O) groups excluding carboxylic acids is 2. The second-order valence-electron chi connectivity index (χ2n) is 5.55. The van der Waals surface area contributed by atoms with Gasteiger partial charge >= 0.3 is 6.03 Å². The molecule has 1 saturated heterocycles.